The highest BCUT2D eigenvalue weighted by Crippen LogP contribution is 2.25. The van der Waals surface area contributed by atoms with Crippen LogP contribution in [0, 0.1) is 12.8 Å². The second-order valence-corrected chi connectivity index (χ2v) is 7.47. The van der Waals surface area contributed by atoms with Crippen LogP contribution < -0.4 is 11.1 Å². The molecule has 3 N–H and O–H groups in total. The van der Waals surface area contributed by atoms with Crippen molar-refractivity contribution in [1.82, 2.24) is 5.32 Å². The number of thiophene rings is 1. The number of amides is 1. The zero-order chi connectivity index (χ0) is 14.5. The van der Waals surface area contributed by atoms with Gasteiger partial charge in [0, 0.05) is 34.7 Å². The average Bonchev–Trinajstić information content (AvgIpc) is 2.77. The first-order valence-electron chi connectivity index (χ1n) is 7.65. The SMILES string of the molecule is Cc1ccc(CC(C)NC(=O)CC2CCCCC2N)s1. The molecule has 1 aromatic heterocycles. The molecule has 1 aliphatic carbocycles. The Morgan fingerprint density at radius 3 is 2.85 bits per heavy atom. The largest absolute Gasteiger partial charge is 0.353 e. The number of hydrogen-bond donors (Lipinski definition) is 2. The molecule has 4 heteroatoms. The van der Waals surface area contributed by atoms with Gasteiger partial charge in [0.25, 0.3) is 0 Å². The minimum atomic E-state index is 0.160. The van der Waals surface area contributed by atoms with Crippen LogP contribution in [0.5, 0.6) is 0 Å². The maximum atomic E-state index is 12.1. The molecule has 1 saturated carbocycles. The van der Waals surface area contributed by atoms with Gasteiger partial charge in [-0.1, -0.05) is 12.8 Å². The Balaban J connectivity index is 1.75. The predicted molar refractivity (Wildman–Crippen MR) is 84.9 cm³/mol. The van der Waals surface area contributed by atoms with Crippen molar-refractivity contribution in [2.45, 2.75) is 64.5 Å². The molecule has 1 aliphatic rings. The number of nitrogens with two attached hydrogens (primary N) is 1. The first-order chi connectivity index (χ1) is 9.54. The van der Waals surface area contributed by atoms with Crippen molar-refractivity contribution in [1.29, 1.82) is 0 Å². The summed E-state index contributed by atoms with van der Waals surface area (Å²) in [6.07, 6.45) is 6.12. The number of hydrogen-bond acceptors (Lipinski definition) is 3. The summed E-state index contributed by atoms with van der Waals surface area (Å²) in [6.45, 7) is 4.19. The van der Waals surface area contributed by atoms with E-state index in [0.717, 1.165) is 19.3 Å². The molecule has 3 unspecified atom stereocenters. The van der Waals surface area contributed by atoms with E-state index in [-0.39, 0.29) is 18.0 Å². The van der Waals surface area contributed by atoms with E-state index in [9.17, 15) is 4.79 Å². The summed E-state index contributed by atoms with van der Waals surface area (Å²) >= 11 is 1.81. The molecule has 2 rings (SSSR count). The van der Waals surface area contributed by atoms with Crippen LogP contribution in [0.3, 0.4) is 0 Å². The van der Waals surface area contributed by atoms with Gasteiger partial charge in [0.15, 0.2) is 0 Å². The lowest BCUT2D eigenvalue weighted by Crippen LogP contribution is -2.40. The van der Waals surface area contributed by atoms with Gasteiger partial charge in [-0.15, -0.1) is 11.3 Å². The van der Waals surface area contributed by atoms with Crippen LogP contribution in [0.4, 0.5) is 0 Å². The second kappa shape index (κ2) is 7.23. The van der Waals surface area contributed by atoms with Gasteiger partial charge in [-0.05, 0) is 44.7 Å². The molecule has 1 heterocycles. The van der Waals surface area contributed by atoms with E-state index in [0.29, 0.717) is 12.3 Å². The normalized spacial score (nSPS) is 24.4. The van der Waals surface area contributed by atoms with Crippen molar-refractivity contribution in [3.63, 3.8) is 0 Å². The maximum absolute atomic E-state index is 12.1. The fraction of sp³-hybridized carbons (Fsp3) is 0.688. The van der Waals surface area contributed by atoms with E-state index in [4.69, 9.17) is 5.73 Å². The molecule has 1 fully saturated rings. The highest BCUT2D eigenvalue weighted by Gasteiger charge is 2.24. The Morgan fingerprint density at radius 1 is 1.45 bits per heavy atom. The summed E-state index contributed by atoms with van der Waals surface area (Å²) in [5.74, 6) is 0.535. The van der Waals surface area contributed by atoms with Crippen molar-refractivity contribution in [3.8, 4) is 0 Å². The van der Waals surface area contributed by atoms with Gasteiger partial charge < -0.3 is 11.1 Å². The lowest BCUT2D eigenvalue weighted by molar-refractivity contribution is -0.123. The third-order valence-corrected chi connectivity index (χ3v) is 5.15. The fourth-order valence-corrected chi connectivity index (χ4v) is 4.03. The van der Waals surface area contributed by atoms with E-state index in [1.807, 2.05) is 11.3 Å². The maximum Gasteiger partial charge on any atom is 0.220 e. The minimum Gasteiger partial charge on any atom is -0.353 e. The van der Waals surface area contributed by atoms with Crippen LogP contribution in [-0.4, -0.2) is 18.0 Å². The van der Waals surface area contributed by atoms with Crippen LogP contribution in [-0.2, 0) is 11.2 Å². The van der Waals surface area contributed by atoms with E-state index < -0.39 is 0 Å². The molecule has 0 aliphatic heterocycles. The number of nitrogens with one attached hydrogen (secondary N) is 1. The molecule has 3 nitrogen and oxygen atoms in total. The molecule has 112 valence electrons. The quantitative estimate of drug-likeness (QED) is 0.877. The summed E-state index contributed by atoms with van der Waals surface area (Å²) in [4.78, 5) is 14.8. The number of carbonyl (C=O) groups is 1. The Morgan fingerprint density at radius 2 is 2.20 bits per heavy atom. The Kier molecular flexibility index (Phi) is 5.61. The molecule has 0 radical (unpaired) electrons. The molecule has 0 aromatic carbocycles. The van der Waals surface area contributed by atoms with Crippen LogP contribution in [0.1, 0.15) is 48.8 Å². The van der Waals surface area contributed by atoms with Crippen LogP contribution in [0.25, 0.3) is 0 Å². The van der Waals surface area contributed by atoms with E-state index in [1.54, 1.807) is 0 Å². The lowest BCUT2D eigenvalue weighted by atomic mass is 9.83. The van der Waals surface area contributed by atoms with Gasteiger partial charge >= 0.3 is 0 Å². The Bertz CT molecular complexity index is 443. The molecule has 3 atom stereocenters. The third-order valence-electron chi connectivity index (χ3n) is 4.13. The summed E-state index contributed by atoms with van der Waals surface area (Å²) < 4.78 is 0. The molecule has 0 spiro atoms. The standard InChI is InChI=1S/C16H26N2OS/c1-11(9-14-8-7-12(2)20-14)18-16(19)10-13-5-3-4-6-15(13)17/h7-8,11,13,15H,3-6,9-10,17H2,1-2H3,(H,18,19). The third kappa shape index (κ3) is 4.60. The van der Waals surface area contributed by atoms with Gasteiger partial charge in [-0.2, -0.15) is 0 Å². The lowest BCUT2D eigenvalue weighted by Gasteiger charge is -2.28. The molecular weight excluding hydrogens is 268 g/mol. The van der Waals surface area contributed by atoms with E-state index in [1.165, 1.54) is 22.6 Å². The zero-order valence-corrected chi connectivity index (χ0v) is 13.3. The summed E-state index contributed by atoms with van der Waals surface area (Å²) in [6, 6.07) is 4.69. The molecule has 0 saturated heterocycles. The van der Waals surface area contributed by atoms with Gasteiger partial charge in [0.05, 0.1) is 0 Å². The summed E-state index contributed by atoms with van der Waals surface area (Å²) in [7, 11) is 0. The number of aryl methyl sites for hydroxylation is 1. The molecule has 1 amide bonds. The highest BCUT2D eigenvalue weighted by molar-refractivity contribution is 7.11. The Hall–Kier alpha value is -0.870. The zero-order valence-electron chi connectivity index (χ0n) is 12.5. The minimum absolute atomic E-state index is 0.160. The van der Waals surface area contributed by atoms with Gasteiger partial charge in [0.2, 0.25) is 5.91 Å². The van der Waals surface area contributed by atoms with Gasteiger partial charge in [-0.3, -0.25) is 4.79 Å². The number of carbonyl (C=O) groups excluding carboxylic acids is 1. The predicted octanol–water partition coefficient (Wildman–Crippen LogP) is 3.01. The van der Waals surface area contributed by atoms with Gasteiger partial charge in [-0.25, -0.2) is 0 Å². The number of rotatable bonds is 5. The highest BCUT2D eigenvalue weighted by atomic mass is 32.1. The molecular formula is C16H26N2OS. The van der Waals surface area contributed by atoms with Crippen molar-refractivity contribution >= 4 is 17.2 Å². The molecule has 1 aromatic rings. The average molecular weight is 294 g/mol. The van der Waals surface area contributed by atoms with Crippen LogP contribution in [0.15, 0.2) is 12.1 Å². The second-order valence-electron chi connectivity index (χ2n) is 6.10. The smallest absolute Gasteiger partial charge is 0.220 e. The van der Waals surface area contributed by atoms with E-state index >= 15 is 0 Å². The first-order valence-corrected chi connectivity index (χ1v) is 8.46. The van der Waals surface area contributed by atoms with Crippen molar-refractivity contribution in [2.75, 3.05) is 0 Å². The van der Waals surface area contributed by atoms with Crippen molar-refractivity contribution in [2.24, 2.45) is 11.7 Å². The van der Waals surface area contributed by atoms with Crippen LogP contribution in [0.2, 0.25) is 0 Å². The monoisotopic (exact) mass is 294 g/mol. The molecule has 0 bridgehead atoms. The first kappa shape index (κ1) is 15.5. The van der Waals surface area contributed by atoms with Crippen molar-refractivity contribution in [3.05, 3.63) is 21.9 Å². The summed E-state index contributed by atoms with van der Waals surface area (Å²) in [5.41, 5.74) is 6.11. The van der Waals surface area contributed by atoms with E-state index in [2.05, 4.69) is 31.3 Å². The summed E-state index contributed by atoms with van der Waals surface area (Å²) in [5, 5.41) is 3.12. The topological polar surface area (TPSA) is 55.1 Å². The fourth-order valence-electron chi connectivity index (χ4n) is 3.01. The van der Waals surface area contributed by atoms with Crippen LogP contribution >= 0.6 is 11.3 Å². The van der Waals surface area contributed by atoms with Crippen molar-refractivity contribution < 1.29 is 4.79 Å². The van der Waals surface area contributed by atoms with Gasteiger partial charge in [0.1, 0.15) is 0 Å². The Labute approximate surface area is 125 Å². The molecule has 20 heavy (non-hydrogen) atoms.